The van der Waals surface area contributed by atoms with E-state index in [1.165, 1.54) is 10.5 Å². The quantitative estimate of drug-likeness (QED) is 0.260. The van der Waals surface area contributed by atoms with Crippen molar-refractivity contribution in [2.45, 2.75) is 56.2 Å². The van der Waals surface area contributed by atoms with Gasteiger partial charge >= 0.3 is 12.2 Å². The molecule has 4 aliphatic rings. The molecule has 18 heteroatoms. The molecule has 0 unspecified atom stereocenters. The number of halogens is 3. The number of likely N-dealkylation sites (tertiary alicyclic amines) is 2. The molecule has 4 saturated heterocycles. The van der Waals surface area contributed by atoms with E-state index in [2.05, 4.69) is 17.5 Å². The number of anilines is 2. The molecular weight excluding hydrogens is 750 g/mol. The van der Waals surface area contributed by atoms with Crippen LogP contribution in [0.3, 0.4) is 0 Å². The minimum Gasteiger partial charge on any atom is -0.443 e. The number of aliphatic hydroxyl groups excluding tert-OH is 2. The molecule has 4 heterocycles. The molecule has 2 aromatic rings. The zero-order valence-electron chi connectivity index (χ0n) is 29.7. The number of ether oxygens (including phenoxy) is 2. The highest BCUT2D eigenvalue weighted by atomic mass is 35.5. The van der Waals surface area contributed by atoms with Gasteiger partial charge in [0.25, 0.3) is 6.43 Å². The molecule has 0 aliphatic carbocycles. The Morgan fingerprint density at radius 2 is 1.15 bits per heavy atom. The normalized spacial score (nSPS) is 20.6. The van der Waals surface area contributed by atoms with Gasteiger partial charge < -0.3 is 40.5 Å². The maximum absolute atomic E-state index is 12.4. The van der Waals surface area contributed by atoms with Crippen LogP contribution >= 0.6 is 24.6 Å². The molecule has 2 atom stereocenters. The maximum atomic E-state index is 12.4. The number of amides is 4. The molecular formula is C36H47ClF2N6O8S. The fourth-order valence-electron chi connectivity index (χ4n) is 6.96. The van der Waals surface area contributed by atoms with Gasteiger partial charge in [-0.1, -0.05) is 36.5 Å². The predicted octanol–water partition coefficient (Wildman–Crippen LogP) is 2.98. The number of carbonyl (C=O) groups is 4. The topological polar surface area (TPSA) is 178 Å². The van der Waals surface area contributed by atoms with Gasteiger partial charge in [0.1, 0.15) is 30.4 Å². The lowest BCUT2D eigenvalue weighted by molar-refractivity contribution is -0.135. The van der Waals surface area contributed by atoms with Gasteiger partial charge in [0.2, 0.25) is 11.8 Å². The summed E-state index contributed by atoms with van der Waals surface area (Å²) in [5, 5.41) is 20.3. The minimum atomic E-state index is -2.74. The Morgan fingerprint density at radius 3 is 1.50 bits per heavy atom. The third-order valence-corrected chi connectivity index (χ3v) is 10.4. The Morgan fingerprint density at radius 1 is 0.759 bits per heavy atom. The second kappa shape index (κ2) is 20.0. The second-order valence-electron chi connectivity index (χ2n) is 13.3. The van der Waals surface area contributed by atoms with Crippen molar-refractivity contribution in [3.8, 4) is 0 Å². The van der Waals surface area contributed by atoms with E-state index < -0.39 is 36.8 Å². The van der Waals surface area contributed by atoms with Crippen LogP contribution in [0, 0.1) is 0 Å². The number of cyclic esters (lactones) is 2. The number of hydrogen-bond donors (Lipinski definition) is 4. The number of piperidine rings is 2. The summed E-state index contributed by atoms with van der Waals surface area (Å²) in [6.07, 6.45) is -1.03. The van der Waals surface area contributed by atoms with Crippen LogP contribution in [0.4, 0.5) is 29.7 Å². The average molecular weight is 797 g/mol. The number of benzene rings is 2. The lowest BCUT2D eigenvalue weighted by Gasteiger charge is -2.32. The summed E-state index contributed by atoms with van der Waals surface area (Å²) >= 11 is 4.52. The molecule has 0 bridgehead atoms. The van der Waals surface area contributed by atoms with E-state index in [-0.39, 0.29) is 49.5 Å². The summed E-state index contributed by atoms with van der Waals surface area (Å²) in [6, 6.07) is 15.5. The van der Waals surface area contributed by atoms with Gasteiger partial charge in [0, 0.05) is 44.1 Å². The molecule has 5 N–H and O–H groups in total. The number of thiocarbonyl (C=S) groups is 1. The SMILES string of the molecule is Cl.NC[C@H]1CN(c2ccc(C3CCN(C(=O)CO)CC3)cc2)C(=O)O1.O=C(CO)N1CCC(c2ccc(N3C[C@H](CNC(=S)C(F)F)OC3=O)cc2)CC1. The first-order valence-corrected chi connectivity index (χ1v) is 18.1. The second-order valence-corrected chi connectivity index (χ2v) is 13.8. The summed E-state index contributed by atoms with van der Waals surface area (Å²) in [4.78, 5) is 52.9. The van der Waals surface area contributed by atoms with Crippen LogP contribution in [0.1, 0.15) is 48.6 Å². The smallest absolute Gasteiger partial charge is 0.414 e. The van der Waals surface area contributed by atoms with E-state index in [0.717, 1.165) is 36.9 Å². The van der Waals surface area contributed by atoms with Gasteiger partial charge in [-0.05, 0) is 72.9 Å². The Kier molecular flexibility index (Phi) is 15.7. The van der Waals surface area contributed by atoms with E-state index in [9.17, 15) is 28.0 Å². The van der Waals surface area contributed by atoms with Gasteiger partial charge in [0.15, 0.2) is 0 Å². The summed E-state index contributed by atoms with van der Waals surface area (Å²) in [5.74, 6) is 0.254. The number of rotatable bonds is 10. The van der Waals surface area contributed by atoms with Crippen molar-refractivity contribution >= 4 is 65.0 Å². The maximum Gasteiger partial charge on any atom is 0.414 e. The van der Waals surface area contributed by atoms with E-state index in [1.54, 1.807) is 14.7 Å². The van der Waals surface area contributed by atoms with Crippen LogP contribution in [0.2, 0.25) is 0 Å². The third-order valence-electron chi connectivity index (χ3n) is 10.0. The molecule has 4 amide bonds. The molecule has 4 aliphatic heterocycles. The van der Waals surface area contributed by atoms with Crippen LogP contribution in [0.5, 0.6) is 0 Å². The standard InChI is InChI=1S/C19H23F2N3O4S.C17H23N3O4.ClH/c20-17(21)18(29)22-9-15-10-24(19(27)28-15)14-3-1-12(2-4-14)13-5-7-23(8-6-13)16(26)11-25;18-9-15-10-20(17(23)24-15)14-3-1-12(2-4-14)13-5-7-19(8-6-13)16(22)11-21;/h1-4,13,15,17,25H,5-11H2,(H,22,29);1-4,13,15,21H,5-11,18H2;1H/t2*15-;/m00./s1. The number of nitrogens with zero attached hydrogens (tertiary/aromatic N) is 4. The number of alkyl halides is 2. The summed E-state index contributed by atoms with van der Waals surface area (Å²) < 4.78 is 35.3. The van der Waals surface area contributed by atoms with E-state index in [1.807, 2.05) is 48.5 Å². The van der Waals surface area contributed by atoms with Gasteiger partial charge in [-0.2, -0.15) is 0 Å². The largest absolute Gasteiger partial charge is 0.443 e. The fraction of sp³-hybridized carbons (Fsp3) is 0.528. The molecule has 6 rings (SSSR count). The van der Waals surface area contributed by atoms with Gasteiger partial charge in [0.05, 0.1) is 19.6 Å². The first-order valence-electron chi connectivity index (χ1n) is 17.7. The monoisotopic (exact) mass is 796 g/mol. The van der Waals surface area contributed by atoms with Gasteiger partial charge in [-0.3, -0.25) is 19.4 Å². The summed E-state index contributed by atoms with van der Waals surface area (Å²) in [7, 11) is 0. The summed E-state index contributed by atoms with van der Waals surface area (Å²) in [6.45, 7) is 2.77. The van der Waals surface area contributed by atoms with Crippen molar-refractivity contribution < 1.29 is 47.6 Å². The summed E-state index contributed by atoms with van der Waals surface area (Å²) in [5.41, 5.74) is 9.37. The first-order chi connectivity index (χ1) is 25.5. The van der Waals surface area contributed by atoms with Gasteiger partial charge in [-0.15, -0.1) is 12.4 Å². The highest BCUT2D eigenvalue weighted by Gasteiger charge is 2.34. The van der Waals surface area contributed by atoms with Gasteiger partial charge in [-0.25, -0.2) is 18.4 Å². The zero-order valence-corrected chi connectivity index (χ0v) is 31.3. The third kappa shape index (κ3) is 10.7. The fourth-order valence-corrected chi connectivity index (χ4v) is 7.05. The van der Waals surface area contributed by atoms with E-state index in [0.29, 0.717) is 56.8 Å². The Hall–Kier alpha value is -4.16. The molecule has 0 radical (unpaired) electrons. The lowest BCUT2D eigenvalue weighted by atomic mass is 9.89. The highest BCUT2D eigenvalue weighted by molar-refractivity contribution is 7.80. The zero-order chi connectivity index (χ0) is 38.1. The van der Waals surface area contributed by atoms with E-state index >= 15 is 0 Å². The van der Waals surface area contributed by atoms with E-state index in [4.69, 9.17) is 25.4 Å². The first kappa shape index (κ1) is 42.6. The number of carbonyl (C=O) groups excluding carboxylic acids is 4. The van der Waals surface area contributed by atoms with Crippen molar-refractivity contribution in [3.63, 3.8) is 0 Å². The van der Waals surface area contributed by atoms with Crippen LogP contribution < -0.4 is 20.9 Å². The van der Waals surface area contributed by atoms with Crippen molar-refractivity contribution in [2.75, 3.05) is 75.4 Å². The molecule has 0 saturated carbocycles. The molecule has 0 spiro atoms. The van der Waals surface area contributed by atoms with Crippen molar-refractivity contribution in [1.82, 2.24) is 15.1 Å². The highest BCUT2D eigenvalue weighted by Crippen LogP contribution is 2.32. The number of aliphatic hydroxyl groups is 2. The molecule has 2 aromatic carbocycles. The van der Waals surface area contributed by atoms with Crippen molar-refractivity contribution in [2.24, 2.45) is 5.73 Å². The Balaban J connectivity index is 0.000000240. The van der Waals surface area contributed by atoms with Crippen LogP contribution in [-0.4, -0.2) is 133 Å². The molecule has 54 heavy (non-hydrogen) atoms. The molecule has 0 aromatic heterocycles. The number of nitrogens with two attached hydrogens (primary N) is 1. The molecule has 296 valence electrons. The van der Waals surface area contributed by atoms with Crippen molar-refractivity contribution in [3.05, 3.63) is 59.7 Å². The Labute approximate surface area is 323 Å². The van der Waals surface area contributed by atoms with Crippen LogP contribution in [-0.2, 0) is 19.1 Å². The molecule has 4 fully saturated rings. The Bertz CT molecular complexity index is 1590. The van der Waals surface area contributed by atoms with Crippen molar-refractivity contribution in [1.29, 1.82) is 0 Å². The lowest BCUT2D eigenvalue weighted by Crippen LogP contribution is -2.39. The van der Waals surface area contributed by atoms with Crippen LogP contribution in [0.25, 0.3) is 0 Å². The number of hydrogen-bond acceptors (Lipinski definition) is 10. The minimum absolute atomic E-state index is 0. The predicted molar refractivity (Wildman–Crippen MR) is 202 cm³/mol. The molecule has 14 nitrogen and oxygen atoms in total. The average Bonchev–Trinajstić information content (AvgIpc) is 3.77. The number of nitrogens with one attached hydrogen (secondary N) is 1. The van der Waals surface area contributed by atoms with Crippen LogP contribution in [0.15, 0.2) is 48.5 Å².